The van der Waals surface area contributed by atoms with E-state index in [1.54, 1.807) is 18.2 Å². The SMILES string of the molecule is CCOC(=O)C(C)c1c(C(F)(F)F)ccc(OOC(=O)c2ccccc2)c1Cl. The van der Waals surface area contributed by atoms with Gasteiger partial charge in [0.1, 0.15) is 0 Å². The summed E-state index contributed by atoms with van der Waals surface area (Å²) in [6.45, 7) is 2.75. The predicted octanol–water partition coefficient (Wildman–Crippen LogP) is 5.18. The van der Waals surface area contributed by atoms with E-state index in [1.165, 1.54) is 26.0 Å². The van der Waals surface area contributed by atoms with Crippen LogP contribution in [0.4, 0.5) is 13.2 Å². The number of carbonyl (C=O) groups excluding carboxylic acids is 2. The number of halogens is 4. The van der Waals surface area contributed by atoms with E-state index in [-0.39, 0.29) is 17.9 Å². The molecule has 0 spiro atoms. The molecule has 2 aromatic carbocycles. The second kappa shape index (κ2) is 8.97. The molecule has 0 amide bonds. The van der Waals surface area contributed by atoms with E-state index in [0.717, 1.165) is 6.07 Å². The fraction of sp³-hybridized carbons (Fsp3) is 0.263. The first kappa shape index (κ1) is 21.6. The van der Waals surface area contributed by atoms with Gasteiger partial charge in [0.2, 0.25) is 0 Å². The number of esters is 1. The predicted molar refractivity (Wildman–Crippen MR) is 94.0 cm³/mol. The van der Waals surface area contributed by atoms with E-state index in [2.05, 4.69) is 4.89 Å². The van der Waals surface area contributed by atoms with E-state index in [4.69, 9.17) is 21.2 Å². The summed E-state index contributed by atoms with van der Waals surface area (Å²) in [7, 11) is 0. The van der Waals surface area contributed by atoms with Crippen LogP contribution in [-0.4, -0.2) is 18.5 Å². The second-order valence-corrected chi connectivity index (χ2v) is 6.01. The maximum Gasteiger partial charge on any atom is 0.416 e. The summed E-state index contributed by atoms with van der Waals surface area (Å²) in [6.07, 6.45) is -4.76. The molecule has 0 N–H and O–H groups in total. The molecule has 0 aliphatic heterocycles. The monoisotopic (exact) mass is 416 g/mol. The van der Waals surface area contributed by atoms with Crippen molar-refractivity contribution in [2.75, 3.05) is 6.61 Å². The van der Waals surface area contributed by atoms with Gasteiger partial charge in [-0.2, -0.15) is 13.2 Å². The topological polar surface area (TPSA) is 61.8 Å². The van der Waals surface area contributed by atoms with Crippen LogP contribution in [-0.2, 0) is 20.6 Å². The van der Waals surface area contributed by atoms with Crippen molar-refractivity contribution in [1.82, 2.24) is 0 Å². The minimum atomic E-state index is -4.76. The molecule has 9 heteroatoms. The molecule has 0 aliphatic rings. The largest absolute Gasteiger partial charge is 0.466 e. The molecule has 2 aromatic rings. The number of carbonyl (C=O) groups is 2. The lowest BCUT2D eigenvalue weighted by molar-refractivity contribution is -0.151. The molecule has 2 rings (SSSR count). The smallest absolute Gasteiger partial charge is 0.416 e. The van der Waals surface area contributed by atoms with Crippen LogP contribution in [0.3, 0.4) is 0 Å². The zero-order valence-corrected chi connectivity index (χ0v) is 15.6. The summed E-state index contributed by atoms with van der Waals surface area (Å²) in [5.74, 6) is -3.41. The Morgan fingerprint density at radius 3 is 2.32 bits per heavy atom. The number of alkyl halides is 3. The average molecular weight is 417 g/mol. The zero-order valence-electron chi connectivity index (χ0n) is 14.9. The number of benzene rings is 2. The van der Waals surface area contributed by atoms with E-state index in [0.29, 0.717) is 6.07 Å². The van der Waals surface area contributed by atoms with Crippen LogP contribution in [0.15, 0.2) is 42.5 Å². The van der Waals surface area contributed by atoms with Crippen molar-refractivity contribution < 1.29 is 37.3 Å². The Bertz CT molecular complexity index is 853. The molecule has 0 radical (unpaired) electrons. The molecule has 0 saturated carbocycles. The summed E-state index contributed by atoms with van der Waals surface area (Å²) in [6, 6.07) is 9.42. The zero-order chi connectivity index (χ0) is 20.9. The quantitative estimate of drug-likeness (QED) is 0.369. The van der Waals surface area contributed by atoms with Crippen LogP contribution in [0.5, 0.6) is 5.75 Å². The van der Waals surface area contributed by atoms with Gasteiger partial charge in [0, 0.05) is 5.56 Å². The molecule has 150 valence electrons. The third kappa shape index (κ3) is 4.95. The third-order valence-electron chi connectivity index (χ3n) is 3.74. The first-order valence-electron chi connectivity index (χ1n) is 8.17. The van der Waals surface area contributed by atoms with Crippen molar-refractivity contribution >= 4 is 23.5 Å². The molecular formula is C19H16ClF3O5. The van der Waals surface area contributed by atoms with E-state index in [1.807, 2.05) is 0 Å². The minimum absolute atomic E-state index is 0.00692. The second-order valence-electron chi connectivity index (χ2n) is 5.63. The van der Waals surface area contributed by atoms with Crippen LogP contribution in [0, 0.1) is 0 Å². The fourth-order valence-corrected chi connectivity index (χ4v) is 2.76. The van der Waals surface area contributed by atoms with Crippen molar-refractivity contribution in [3.8, 4) is 5.75 Å². The molecule has 0 aliphatic carbocycles. The van der Waals surface area contributed by atoms with Gasteiger partial charge in [-0.3, -0.25) is 9.68 Å². The highest BCUT2D eigenvalue weighted by molar-refractivity contribution is 6.33. The lowest BCUT2D eigenvalue weighted by Crippen LogP contribution is -2.19. The van der Waals surface area contributed by atoms with Crippen molar-refractivity contribution in [3.63, 3.8) is 0 Å². The summed E-state index contributed by atoms with van der Waals surface area (Å²) >= 11 is 6.06. The number of ether oxygens (including phenoxy) is 1. The van der Waals surface area contributed by atoms with Gasteiger partial charge in [-0.15, -0.1) is 0 Å². The Labute approximate surface area is 163 Å². The maximum absolute atomic E-state index is 13.4. The highest BCUT2D eigenvalue weighted by atomic mass is 35.5. The highest BCUT2D eigenvalue weighted by Gasteiger charge is 2.38. The summed E-state index contributed by atoms with van der Waals surface area (Å²) in [5, 5.41) is -0.503. The highest BCUT2D eigenvalue weighted by Crippen LogP contribution is 2.43. The molecular weight excluding hydrogens is 401 g/mol. The van der Waals surface area contributed by atoms with Crippen molar-refractivity contribution in [2.45, 2.75) is 25.9 Å². The Balaban J connectivity index is 2.35. The van der Waals surface area contributed by atoms with Crippen LogP contribution >= 0.6 is 11.6 Å². The molecule has 28 heavy (non-hydrogen) atoms. The van der Waals surface area contributed by atoms with Crippen molar-refractivity contribution in [2.24, 2.45) is 0 Å². The normalized spacial score (nSPS) is 12.2. The third-order valence-corrected chi connectivity index (χ3v) is 4.13. The van der Waals surface area contributed by atoms with E-state index < -0.39 is 40.2 Å². The Morgan fingerprint density at radius 2 is 1.75 bits per heavy atom. The molecule has 0 fully saturated rings. The van der Waals surface area contributed by atoms with Gasteiger partial charge in [-0.1, -0.05) is 29.8 Å². The molecule has 5 nitrogen and oxygen atoms in total. The summed E-state index contributed by atoms with van der Waals surface area (Å²) in [4.78, 5) is 33.4. The summed E-state index contributed by atoms with van der Waals surface area (Å²) < 4.78 is 44.9. The standard InChI is InChI=1S/C19H16ClF3O5/c1-3-26-17(24)11(2)15-13(19(21,22)23)9-10-14(16(15)20)27-28-18(25)12-7-5-4-6-8-12/h4-11H,3H2,1-2H3. The van der Waals surface area contributed by atoms with Crippen molar-refractivity contribution in [1.29, 1.82) is 0 Å². The van der Waals surface area contributed by atoms with E-state index in [9.17, 15) is 22.8 Å². The van der Waals surface area contributed by atoms with Crippen LogP contribution < -0.4 is 4.89 Å². The number of hydrogen-bond donors (Lipinski definition) is 0. The summed E-state index contributed by atoms with van der Waals surface area (Å²) in [5.41, 5.74) is -1.47. The first-order chi connectivity index (χ1) is 13.2. The Kier molecular flexibility index (Phi) is 6.90. The Hall–Kier alpha value is -2.74. The Morgan fingerprint density at radius 1 is 1.11 bits per heavy atom. The molecule has 0 aromatic heterocycles. The molecule has 1 atom stereocenters. The molecule has 0 bridgehead atoms. The van der Waals surface area contributed by atoms with Gasteiger partial charge in [0.05, 0.1) is 28.7 Å². The lowest BCUT2D eigenvalue weighted by Gasteiger charge is -2.20. The van der Waals surface area contributed by atoms with Gasteiger partial charge in [-0.25, -0.2) is 9.68 Å². The maximum atomic E-state index is 13.4. The van der Waals surface area contributed by atoms with Gasteiger partial charge >= 0.3 is 18.1 Å². The van der Waals surface area contributed by atoms with Crippen molar-refractivity contribution in [3.05, 3.63) is 64.2 Å². The van der Waals surface area contributed by atoms with Crippen LogP contribution in [0.2, 0.25) is 5.02 Å². The number of hydrogen-bond acceptors (Lipinski definition) is 5. The average Bonchev–Trinajstić information content (AvgIpc) is 2.66. The van der Waals surface area contributed by atoms with Gasteiger partial charge in [0.15, 0.2) is 5.75 Å². The molecule has 0 heterocycles. The van der Waals surface area contributed by atoms with E-state index >= 15 is 0 Å². The first-order valence-corrected chi connectivity index (χ1v) is 8.54. The van der Waals surface area contributed by atoms with Gasteiger partial charge < -0.3 is 4.74 Å². The van der Waals surface area contributed by atoms with Crippen LogP contribution in [0.1, 0.15) is 41.3 Å². The molecule has 0 saturated heterocycles. The fourth-order valence-electron chi connectivity index (χ4n) is 2.40. The number of rotatable bonds is 6. The lowest BCUT2D eigenvalue weighted by atomic mass is 9.94. The van der Waals surface area contributed by atoms with Crippen LogP contribution in [0.25, 0.3) is 0 Å². The van der Waals surface area contributed by atoms with Gasteiger partial charge in [-0.05, 0) is 38.1 Å². The molecule has 1 unspecified atom stereocenters. The minimum Gasteiger partial charge on any atom is -0.466 e. The van der Waals surface area contributed by atoms with Gasteiger partial charge in [0.25, 0.3) is 0 Å².